The van der Waals surface area contributed by atoms with E-state index < -0.39 is 10.0 Å². The second-order valence-corrected chi connectivity index (χ2v) is 7.70. The van der Waals surface area contributed by atoms with Crippen molar-refractivity contribution >= 4 is 27.5 Å². The first-order chi connectivity index (χ1) is 9.63. The topological polar surface area (TPSA) is 71.1 Å². The number of anilines is 1. The number of nitrogens with one attached hydrogen (secondary N) is 2. The van der Waals surface area contributed by atoms with Gasteiger partial charge in [-0.2, -0.15) is 11.8 Å². The molecule has 5 nitrogen and oxygen atoms in total. The van der Waals surface area contributed by atoms with Crippen LogP contribution in [0.3, 0.4) is 0 Å². The molecule has 0 radical (unpaired) electrons. The van der Waals surface area contributed by atoms with Crippen molar-refractivity contribution < 1.29 is 8.42 Å². The first-order valence-corrected chi connectivity index (χ1v) is 9.53. The summed E-state index contributed by atoms with van der Waals surface area (Å²) in [5.41, 5.74) is 0.572. The third-order valence-electron chi connectivity index (χ3n) is 3.18. The van der Waals surface area contributed by atoms with Crippen molar-refractivity contribution in [2.45, 2.75) is 24.8 Å². The molecular formula is C13H21N3O2S2. The molecule has 1 aliphatic heterocycles. The second kappa shape index (κ2) is 7.28. The highest BCUT2D eigenvalue weighted by molar-refractivity contribution is 7.99. The number of rotatable bonds is 7. The standard InChI is InChI=1S/C13H21N3O2S2/c1-2-6-14-12-4-3-7-15-13(12)20(17,18)16-9-11-5-8-19-10-11/h3-4,7,11,14,16H,2,5-6,8-10H2,1H3. The number of aromatic nitrogens is 1. The van der Waals surface area contributed by atoms with E-state index in [1.165, 1.54) is 6.20 Å². The van der Waals surface area contributed by atoms with Crippen LogP contribution in [0.2, 0.25) is 0 Å². The SMILES string of the molecule is CCCNc1cccnc1S(=O)(=O)NCC1CCSC1. The van der Waals surface area contributed by atoms with Gasteiger partial charge >= 0.3 is 0 Å². The zero-order chi connectivity index (χ0) is 14.4. The summed E-state index contributed by atoms with van der Waals surface area (Å²) in [6.07, 6.45) is 3.52. The molecule has 1 unspecified atom stereocenters. The van der Waals surface area contributed by atoms with E-state index in [2.05, 4.69) is 15.0 Å². The van der Waals surface area contributed by atoms with E-state index in [-0.39, 0.29) is 5.03 Å². The second-order valence-electron chi connectivity index (χ2n) is 4.86. The Hall–Kier alpha value is -0.790. The van der Waals surface area contributed by atoms with Crippen LogP contribution in [0.15, 0.2) is 23.4 Å². The summed E-state index contributed by atoms with van der Waals surface area (Å²) < 4.78 is 27.4. The average molecular weight is 315 g/mol. The number of sulfonamides is 1. The molecular weight excluding hydrogens is 294 g/mol. The first-order valence-electron chi connectivity index (χ1n) is 6.90. The van der Waals surface area contributed by atoms with E-state index in [0.29, 0.717) is 18.2 Å². The molecule has 1 aromatic heterocycles. The first kappa shape index (κ1) is 15.6. The van der Waals surface area contributed by atoms with Crippen molar-refractivity contribution in [2.24, 2.45) is 5.92 Å². The van der Waals surface area contributed by atoms with Crippen LogP contribution in [-0.2, 0) is 10.0 Å². The summed E-state index contributed by atoms with van der Waals surface area (Å²) in [5, 5.41) is 3.21. The summed E-state index contributed by atoms with van der Waals surface area (Å²) in [6, 6.07) is 3.49. The highest BCUT2D eigenvalue weighted by atomic mass is 32.2. The highest BCUT2D eigenvalue weighted by Gasteiger charge is 2.23. The zero-order valence-electron chi connectivity index (χ0n) is 11.6. The fraction of sp³-hybridized carbons (Fsp3) is 0.615. The third-order valence-corrected chi connectivity index (χ3v) is 5.79. The van der Waals surface area contributed by atoms with E-state index in [0.717, 1.165) is 30.9 Å². The number of pyridine rings is 1. The van der Waals surface area contributed by atoms with Gasteiger partial charge in [-0.25, -0.2) is 18.1 Å². The predicted molar refractivity (Wildman–Crippen MR) is 83.6 cm³/mol. The zero-order valence-corrected chi connectivity index (χ0v) is 13.3. The Balaban J connectivity index is 2.07. The molecule has 7 heteroatoms. The fourth-order valence-corrected chi connectivity index (χ4v) is 4.55. The Morgan fingerprint density at radius 2 is 2.35 bits per heavy atom. The molecule has 2 rings (SSSR count). The van der Waals surface area contributed by atoms with Crippen molar-refractivity contribution in [1.29, 1.82) is 0 Å². The summed E-state index contributed by atoms with van der Waals surface area (Å²) in [4.78, 5) is 4.03. The monoisotopic (exact) mass is 315 g/mol. The lowest BCUT2D eigenvalue weighted by molar-refractivity contribution is 0.543. The average Bonchev–Trinajstić information content (AvgIpc) is 2.97. The van der Waals surface area contributed by atoms with Crippen molar-refractivity contribution in [2.75, 3.05) is 29.9 Å². The van der Waals surface area contributed by atoms with Gasteiger partial charge in [-0.15, -0.1) is 0 Å². The van der Waals surface area contributed by atoms with E-state index in [4.69, 9.17) is 0 Å². The minimum absolute atomic E-state index is 0.0964. The van der Waals surface area contributed by atoms with E-state index in [1.807, 2.05) is 18.7 Å². The van der Waals surface area contributed by atoms with Crippen LogP contribution in [0.4, 0.5) is 5.69 Å². The molecule has 2 heterocycles. The van der Waals surface area contributed by atoms with Gasteiger partial charge in [0.2, 0.25) is 0 Å². The normalized spacial score (nSPS) is 19.1. The molecule has 0 amide bonds. The van der Waals surface area contributed by atoms with Gasteiger partial charge in [0.25, 0.3) is 10.0 Å². The van der Waals surface area contributed by atoms with Crippen molar-refractivity contribution in [1.82, 2.24) is 9.71 Å². The van der Waals surface area contributed by atoms with Crippen LogP contribution in [-0.4, -0.2) is 38.0 Å². The summed E-state index contributed by atoms with van der Waals surface area (Å²) in [6.45, 7) is 3.26. The number of nitrogens with zero attached hydrogens (tertiary/aromatic N) is 1. The molecule has 0 bridgehead atoms. The maximum atomic E-state index is 12.4. The van der Waals surface area contributed by atoms with Crippen LogP contribution in [0.5, 0.6) is 0 Å². The quantitative estimate of drug-likeness (QED) is 0.804. The Labute approximate surface area is 125 Å². The van der Waals surface area contributed by atoms with Gasteiger partial charge in [-0.05, 0) is 42.4 Å². The van der Waals surface area contributed by atoms with Crippen molar-refractivity contribution in [3.8, 4) is 0 Å². The summed E-state index contributed by atoms with van der Waals surface area (Å²) in [7, 11) is -3.54. The van der Waals surface area contributed by atoms with E-state index in [9.17, 15) is 8.42 Å². The Morgan fingerprint density at radius 3 is 3.05 bits per heavy atom. The summed E-state index contributed by atoms with van der Waals surface area (Å²) >= 11 is 1.88. The lowest BCUT2D eigenvalue weighted by atomic mass is 10.1. The number of hydrogen-bond donors (Lipinski definition) is 2. The largest absolute Gasteiger partial charge is 0.383 e. The maximum absolute atomic E-state index is 12.4. The van der Waals surface area contributed by atoms with Crippen molar-refractivity contribution in [3.63, 3.8) is 0 Å². The molecule has 0 saturated carbocycles. The van der Waals surface area contributed by atoms with Gasteiger partial charge < -0.3 is 5.32 Å². The van der Waals surface area contributed by atoms with Crippen LogP contribution >= 0.6 is 11.8 Å². The summed E-state index contributed by atoms with van der Waals surface area (Å²) in [5.74, 6) is 2.59. The highest BCUT2D eigenvalue weighted by Crippen LogP contribution is 2.23. The van der Waals surface area contributed by atoms with Gasteiger partial charge in [0.1, 0.15) is 0 Å². The Morgan fingerprint density at radius 1 is 1.50 bits per heavy atom. The molecule has 20 heavy (non-hydrogen) atoms. The van der Waals surface area contributed by atoms with Crippen LogP contribution in [0.25, 0.3) is 0 Å². The van der Waals surface area contributed by atoms with Gasteiger partial charge in [0, 0.05) is 19.3 Å². The van der Waals surface area contributed by atoms with E-state index >= 15 is 0 Å². The minimum atomic E-state index is -3.54. The molecule has 1 aromatic rings. The van der Waals surface area contributed by atoms with Gasteiger partial charge in [0.05, 0.1) is 5.69 Å². The molecule has 2 N–H and O–H groups in total. The predicted octanol–water partition coefficient (Wildman–Crippen LogP) is 1.93. The third kappa shape index (κ3) is 4.10. The molecule has 0 spiro atoms. The molecule has 1 fully saturated rings. The fourth-order valence-electron chi connectivity index (χ4n) is 2.04. The van der Waals surface area contributed by atoms with Gasteiger partial charge in [0.15, 0.2) is 5.03 Å². The van der Waals surface area contributed by atoms with Crippen LogP contribution < -0.4 is 10.0 Å². The van der Waals surface area contributed by atoms with E-state index in [1.54, 1.807) is 12.1 Å². The molecule has 0 aromatic carbocycles. The molecule has 112 valence electrons. The minimum Gasteiger partial charge on any atom is -0.383 e. The lowest BCUT2D eigenvalue weighted by Crippen LogP contribution is -2.30. The Bertz CT molecular complexity index is 528. The lowest BCUT2D eigenvalue weighted by Gasteiger charge is -2.13. The molecule has 0 aliphatic carbocycles. The molecule has 1 aliphatic rings. The van der Waals surface area contributed by atoms with Gasteiger partial charge in [-0.3, -0.25) is 0 Å². The smallest absolute Gasteiger partial charge is 0.260 e. The van der Waals surface area contributed by atoms with Crippen LogP contribution in [0.1, 0.15) is 19.8 Å². The van der Waals surface area contributed by atoms with Crippen LogP contribution in [0, 0.1) is 5.92 Å². The maximum Gasteiger partial charge on any atom is 0.260 e. The van der Waals surface area contributed by atoms with Gasteiger partial charge in [-0.1, -0.05) is 6.92 Å². The van der Waals surface area contributed by atoms with Crippen molar-refractivity contribution in [3.05, 3.63) is 18.3 Å². The number of thioether (sulfide) groups is 1. The Kier molecular flexibility index (Phi) is 5.68. The number of hydrogen-bond acceptors (Lipinski definition) is 5. The molecule has 1 saturated heterocycles. The molecule has 1 atom stereocenters.